The van der Waals surface area contributed by atoms with Gasteiger partial charge in [0.1, 0.15) is 11.4 Å². The summed E-state index contributed by atoms with van der Waals surface area (Å²) in [4.78, 5) is 39.3. The van der Waals surface area contributed by atoms with Crippen LogP contribution in [0, 0.1) is 11.8 Å². The summed E-state index contributed by atoms with van der Waals surface area (Å²) < 4.78 is 10.3. The molecular formula is C34H32N10O3. The highest BCUT2D eigenvalue weighted by atomic mass is 16.5. The molecule has 1 atom stereocenters. The van der Waals surface area contributed by atoms with Crippen LogP contribution < -0.4 is 16.6 Å². The number of ether oxygens (including phenoxy) is 1. The molecule has 1 aliphatic rings. The monoisotopic (exact) mass is 628 g/mol. The van der Waals surface area contributed by atoms with Gasteiger partial charge in [0.15, 0.2) is 11.5 Å². The molecule has 0 bridgehead atoms. The Kier molecular flexibility index (Phi) is 8.18. The van der Waals surface area contributed by atoms with E-state index in [2.05, 4.69) is 37.2 Å². The van der Waals surface area contributed by atoms with E-state index in [1.807, 2.05) is 53.3 Å². The molecule has 0 aliphatic carbocycles. The Morgan fingerprint density at radius 3 is 2.72 bits per heavy atom. The molecule has 13 heteroatoms. The number of amides is 1. The molecule has 1 amide bonds. The molecule has 1 saturated heterocycles. The van der Waals surface area contributed by atoms with Gasteiger partial charge in [-0.25, -0.2) is 14.5 Å². The number of benzene rings is 2. The Labute approximate surface area is 269 Å². The summed E-state index contributed by atoms with van der Waals surface area (Å²) in [5.74, 6) is 6.26. The lowest BCUT2D eigenvalue weighted by Gasteiger charge is -2.26. The standard InChI is InChI=1S/C34H32N10O3/c1-23(38-33(45)29-30(35)40-43-14-6-13-36-32(29)43)31-39-27-10-5-7-25(28(27)34(46)44(31)26-8-3-2-4-9-26)12-11-24-21-37-42(22-24)16-15-41-17-19-47-20-18-41/h2-10,13-14,21-23H,15-20H2,1H3,(H2,35,40)(H,38,45)/t23-/m1/s1. The third-order valence-electron chi connectivity index (χ3n) is 8.05. The summed E-state index contributed by atoms with van der Waals surface area (Å²) in [7, 11) is 0. The molecule has 1 fully saturated rings. The van der Waals surface area contributed by atoms with Gasteiger partial charge in [-0.1, -0.05) is 36.1 Å². The molecule has 2 aromatic carbocycles. The van der Waals surface area contributed by atoms with Crippen LogP contribution in [0.25, 0.3) is 22.2 Å². The second kappa shape index (κ2) is 12.9. The fourth-order valence-corrected chi connectivity index (χ4v) is 5.68. The lowest BCUT2D eigenvalue weighted by molar-refractivity contribution is 0.0359. The lowest BCUT2D eigenvalue weighted by Crippen LogP contribution is -2.38. The van der Waals surface area contributed by atoms with E-state index < -0.39 is 11.9 Å². The number of nitrogens with two attached hydrogens (primary N) is 1. The van der Waals surface area contributed by atoms with Crippen molar-refractivity contribution in [1.29, 1.82) is 0 Å². The van der Waals surface area contributed by atoms with Crippen LogP contribution in [0.5, 0.6) is 0 Å². The molecule has 6 aromatic rings. The molecule has 0 saturated carbocycles. The van der Waals surface area contributed by atoms with Gasteiger partial charge in [-0.15, -0.1) is 5.10 Å². The molecule has 47 heavy (non-hydrogen) atoms. The van der Waals surface area contributed by atoms with Crippen LogP contribution in [0.15, 0.2) is 84.2 Å². The fraction of sp³-hybridized carbons (Fsp3) is 0.235. The number of carbonyl (C=O) groups excluding carboxylic acids is 1. The van der Waals surface area contributed by atoms with Crippen LogP contribution in [0.4, 0.5) is 5.82 Å². The zero-order valence-corrected chi connectivity index (χ0v) is 25.7. The first-order chi connectivity index (χ1) is 23.0. The Morgan fingerprint density at radius 1 is 1.06 bits per heavy atom. The van der Waals surface area contributed by atoms with E-state index >= 15 is 0 Å². The van der Waals surface area contributed by atoms with Crippen molar-refractivity contribution in [3.8, 4) is 17.5 Å². The molecular weight excluding hydrogens is 596 g/mol. The van der Waals surface area contributed by atoms with Crippen molar-refractivity contribution in [3.05, 3.63) is 112 Å². The van der Waals surface area contributed by atoms with Crippen molar-refractivity contribution >= 4 is 28.3 Å². The number of para-hydroxylation sites is 1. The van der Waals surface area contributed by atoms with E-state index in [1.165, 1.54) is 9.08 Å². The number of nitrogens with zero attached hydrogens (tertiary/aromatic N) is 8. The molecule has 7 rings (SSSR count). The highest BCUT2D eigenvalue weighted by Gasteiger charge is 2.25. The van der Waals surface area contributed by atoms with Crippen LogP contribution in [-0.2, 0) is 11.3 Å². The maximum atomic E-state index is 14.3. The normalized spacial score (nSPS) is 14.1. The first kappa shape index (κ1) is 29.8. The van der Waals surface area contributed by atoms with Crippen molar-refractivity contribution < 1.29 is 9.53 Å². The van der Waals surface area contributed by atoms with Crippen LogP contribution >= 0.6 is 0 Å². The van der Waals surface area contributed by atoms with E-state index in [9.17, 15) is 9.59 Å². The Bertz CT molecular complexity index is 2200. The number of hydrogen-bond donors (Lipinski definition) is 2. The number of nitrogens with one attached hydrogen (secondary N) is 1. The second-order valence-corrected chi connectivity index (χ2v) is 11.2. The summed E-state index contributed by atoms with van der Waals surface area (Å²) >= 11 is 0. The maximum absolute atomic E-state index is 14.3. The van der Waals surface area contributed by atoms with E-state index in [0.29, 0.717) is 33.6 Å². The minimum absolute atomic E-state index is 0.0474. The lowest BCUT2D eigenvalue weighted by atomic mass is 10.1. The van der Waals surface area contributed by atoms with Crippen LogP contribution in [0.3, 0.4) is 0 Å². The van der Waals surface area contributed by atoms with Gasteiger partial charge in [0, 0.05) is 43.8 Å². The SMILES string of the molecule is C[C@@H](NC(=O)c1c(N)nn2cccnc12)c1nc2cccc(C#Cc3cnn(CCN4CCOCC4)c3)c2c(=O)n1-c1ccccc1. The number of anilines is 1. The summed E-state index contributed by atoms with van der Waals surface area (Å²) in [6, 6.07) is 15.6. The highest BCUT2D eigenvalue weighted by molar-refractivity contribution is 6.04. The van der Waals surface area contributed by atoms with Gasteiger partial charge >= 0.3 is 0 Å². The van der Waals surface area contributed by atoms with E-state index in [-0.39, 0.29) is 16.9 Å². The van der Waals surface area contributed by atoms with Gasteiger partial charge in [0.05, 0.1) is 54.2 Å². The third kappa shape index (κ3) is 6.07. The predicted molar refractivity (Wildman–Crippen MR) is 176 cm³/mol. The zero-order chi connectivity index (χ0) is 32.3. The molecule has 236 valence electrons. The summed E-state index contributed by atoms with van der Waals surface area (Å²) in [5, 5.41) is 12.0. The quantitative estimate of drug-likeness (QED) is 0.254. The Balaban J connectivity index is 1.22. The number of nitrogen functional groups attached to an aromatic ring is 1. The summed E-state index contributed by atoms with van der Waals surface area (Å²) in [6.07, 6.45) is 6.87. The maximum Gasteiger partial charge on any atom is 0.267 e. The number of morpholine rings is 1. The van der Waals surface area contributed by atoms with Crippen molar-refractivity contribution in [2.75, 3.05) is 38.6 Å². The number of aromatic nitrogens is 7. The van der Waals surface area contributed by atoms with Gasteiger partial charge in [0.25, 0.3) is 11.5 Å². The Hall–Kier alpha value is -5.84. The van der Waals surface area contributed by atoms with Gasteiger partial charge in [-0.2, -0.15) is 5.10 Å². The number of carbonyl (C=O) groups is 1. The molecule has 0 radical (unpaired) electrons. The van der Waals surface area contributed by atoms with Crippen molar-refractivity contribution in [2.24, 2.45) is 0 Å². The first-order valence-electron chi connectivity index (χ1n) is 15.3. The van der Waals surface area contributed by atoms with Crippen molar-refractivity contribution in [1.82, 2.24) is 44.1 Å². The molecule has 13 nitrogen and oxygen atoms in total. The number of rotatable bonds is 7. The zero-order valence-electron chi connectivity index (χ0n) is 25.7. The van der Waals surface area contributed by atoms with E-state index in [4.69, 9.17) is 15.5 Å². The van der Waals surface area contributed by atoms with Crippen LogP contribution in [0.2, 0.25) is 0 Å². The topological polar surface area (TPSA) is 150 Å². The first-order valence-corrected chi connectivity index (χ1v) is 15.3. The average molecular weight is 629 g/mol. The minimum atomic E-state index is -0.698. The summed E-state index contributed by atoms with van der Waals surface area (Å²) in [6.45, 7) is 6.76. The number of fused-ring (bicyclic) bond motifs is 2. The highest BCUT2D eigenvalue weighted by Crippen LogP contribution is 2.22. The average Bonchev–Trinajstić information content (AvgIpc) is 3.70. The second-order valence-electron chi connectivity index (χ2n) is 11.2. The van der Waals surface area contributed by atoms with Gasteiger partial charge in [0.2, 0.25) is 0 Å². The van der Waals surface area contributed by atoms with E-state index in [1.54, 1.807) is 37.6 Å². The molecule has 5 heterocycles. The minimum Gasteiger partial charge on any atom is -0.381 e. The smallest absolute Gasteiger partial charge is 0.267 e. The fourth-order valence-electron chi connectivity index (χ4n) is 5.68. The molecule has 3 N–H and O–H groups in total. The largest absolute Gasteiger partial charge is 0.381 e. The van der Waals surface area contributed by atoms with Crippen molar-refractivity contribution in [3.63, 3.8) is 0 Å². The predicted octanol–water partition coefficient (Wildman–Crippen LogP) is 2.43. The molecule has 0 spiro atoms. The van der Waals surface area contributed by atoms with Crippen LogP contribution in [-0.4, -0.2) is 77.6 Å². The third-order valence-corrected chi connectivity index (χ3v) is 8.05. The Morgan fingerprint density at radius 2 is 1.89 bits per heavy atom. The molecule has 4 aromatic heterocycles. The van der Waals surface area contributed by atoms with Gasteiger partial charge in [-0.05, 0) is 37.3 Å². The molecule has 0 unspecified atom stereocenters. The van der Waals surface area contributed by atoms with Gasteiger partial charge in [-0.3, -0.25) is 23.7 Å². The van der Waals surface area contributed by atoms with E-state index in [0.717, 1.165) is 45.0 Å². The van der Waals surface area contributed by atoms with Crippen molar-refractivity contribution in [2.45, 2.75) is 19.5 Å². The summed E-state index contributed by atoms with van der Waals surface area (Å²) in [5.41, 5.74) is 8.61. The number of hydrogen-bond acceptors (Lipinski definition) is 9. The van der Waals surface area contributed by atoms with Crippen LogP contribution in [0.1, 0.15) is 40.3 Å². The van der Waals surface area contributed by atoms with Gasteiger partial charge < -0.3 is 15.8 Å². The molecule has 1 aliphatic heterocycles.